The van der Waals surface area contributed by atoms with Crippen LogP contribution in [0.25, 0.3) is 6.08 Å². The molecule has 2 aliphatic heterocycles. The predicted octanol–water partition coefficient (Wildman–Crippen LogP) is 5.03. The highest BCUT2D eigenvalue weighted by Gasteiger charge is 2.24. The maximum atomic E-state index is 12.9. The molecule has 38 heavy (non-hydrogen) atoms. The molecule has 2 atom stereocenters. The zero-order chi connectivity index (χ0) is 26.9. The Labute approximate surface area is 226 Å². The minimum Gasteiger partial charge on any atom is -0.494 e. The number of benzene rings is 2. The molecule has 0 radical (unpaired) electrons. The third-order valence-corrected chi connectivity index (χ3v) is 7.89. The SMILES string of the molecule is CCC1CCC(C)N(CCCOc2ccc(N3CCN(C(=O)c4ccc(C=CC(=O)O)cc4)CC3)cc2)C1. The van der Waals surface area contributed by atoms with E-state index in [0.717, 1.165) is 61.7 Å². The van der Waals surface area contributed by atoms with Gasteiger partial charge in [-0.2, -0.15) is 0 Å². The van der Waals surface area contributed by atoms with Crippen LogP contribution in [0.4, 0.5) is 5.69 Å². The molecular weight excluding hydrogens is 478 g/mol. The van der Waals surface area contributed by atoms with Gasteiger partial charge in [-0.1, -0.05) is 25.5 Å². The van der Waals surface area contributed by atoms with Gasteiger partial charge in [-0.25, -0.2) is 4.79 Å². The second-order valence-corrected chi connectivity index (χ2v) is 10.5. The number of piperidine rings is 1. The number of ether oxygens (including phenoxy) is 1. The number of carbonyl (C=O) groups is 2. The second-order valence-electron chi connectivity index (χ2n) is 10.5. The van der Waals surface area contributed by atoms with E-state index in [1.807, 2.05) is 17.0 Å². The standard InChI is InChI=1S/C31H41N3O4/c1-3-25-6-5-24(2)34(23-25)17-4-22-38-29-14-12-28(13-15-29)32-18-20-33(21-19-32)31(37)27-10-7-26(8-11-27)9-16-30(35)36/h7-16,24-25H,3-6,17-23H2,1-2H3,(H,35,36). The normalized spacial score (nSPS) is 20.6. The lowest BCUT2D eigenvalue weighted by molar-refractivity contribution is -0.131. The fraction of sp³-hybridized carbons (Fsp3) is 0.484. The van der Waals surface area contributed by atoms with Crippen LogP contribution in [0.15, 0.2) is 54.6 Å². The molecule has 1 N–H and O–H groups in total. The maximum absolute atomic E-state index is 12.9. The summed E-state index contributed by atoms with van der Waals surface area (Å²) in [7, 11) is 0. The molecule has 0 saturated carbocycles. The molecule has 7 heteroatoms. The summed E-state index contributed by atoms with van der Waals surface area (Å²) in [6.45, 7) is 10.6. The van der Waals surface area contributed by atoms with Crippen LogP contribution in [0.5, 0.6) is 5.75 Å². The molecular formula is C31H41N3O4. The van der Waals surface area contributed by atoms with Crippen LogP contribution in [0, 0.1) is 5.92 Å². The summed E-state index contributed by atoms with van der Waals surface area (Å²) in [6.07, 6.45) is 7.60. The van der Waals surface area contributed by atoms with E-state index in [4.69, 9.17) is 9.84 Å². The first-order valence-corrected chi connectivity index (χ1v) is 13.9. The number of piperazine rings is 1. The summed E-state index contributed by atoms with van der Waals surface area (Å²) in [4.78, 5) is 30.4. The molecule has 0 aromatic heterocycles. The van der Waals surface area contributed by atoms with Crippen molar-refractivity contribution in [3.63, 3.8) is 0 Å². The Bertz CT molecular complexity index is 1080. The number of anilines is 1. The van der Waals surface area contributed by atoms with Crippen molar-refractivity contribution < 1.29 is 19.4 Å². The molecule has 2 unspecified atom stereocenters. The molecule has 2 aromatic carbocycles. The molecule has 2 fully saturated rings. The van der Waals surface area contributed by atoms with E-state index >= 15 is 0 Å². The van der Waals surface area contributed by atoms with Crippen molar-refractivity contribution in [2.24, 2.45) is 5.92 Å². The van der Waals surface area contributed by atoms with Crippen molar-refractivity contribution in [3.8, 4) is 5.75 Å². The van der Waals surface area contributed by atoms with Crippen molar-refractivity contribution in [1.29, 1.82) is 0 Å². The summed E-state index contributed by atoms with van der Waals surface area (Å²) >= 11 is 0. The summed E-state index contributed by atoms with van der Waals surface area (Å²) in [5.41, 5.74) is 2.52. The van der Waals surface area contributed by atoms with Gasteiger partial charge in [0.05, 0.1) is 6.61 Å². The monoisotopic (exact) mass is 519 g/mol. The fourth-order valence-corrected chi connectivity index (χ4v) is 5.37. The minimum absolute atomic E-state index is 0.00586. The topological polar surface area (TPSA) is 73.3 Å². The van der Waals surface area contributed by atoms with Gasteiger partial charge < -0.3 is 24.5 Å². The van der Waals surface area contributed by atoms with Gasteiger partial charge in [-0.15, -0.1) is 0 Å². The fourth-order valence-electron chi connectivity index (χ4n) is 5.37. The molecule has 2 aliphatic rings. The largest absolute Gasteiger partial charge is 0.494 e. The molecule has 1 amide bonds. The third-order valence-electron chi connectivity index (χ3n) is 7.89. The summed E-state index contributed by atoms with van der Waals surface area (Å²) in [5.74, 6) is 0.766. The number of aliphatic carboxylic acids is 1. The van der Waals surface area contributed by atoms with Crippen molar-refractivity contribution in [3.05, 3.63) is 65.7 Å². The lowest BCUT2D eigenvalue weighted by atomic mass is 9.91. The number of hydrogen-bond acceptors (Lipinski definition) is 5. The third kappa shape index (κ3) is 7.60. The highest BCUT2D eigenvalue weighted by atomic mass is 16.5. The summed E-state index contributed by atoms with van der Waals surface area (Å²) in [5, 5.41) is 8.75. The van der Waals surface area contributed by atoms with Crippen LogP contribution in [0.2, 0.25) is 0 Å². The van der Waals surface area contributed by atoms with E-state index in [2.05, 4.69) is 35.8 Å². The molecule has 0 aliphatic carbocycles. The van der Waals surface area contributed by atoms with E-state index in [-0.39, 0.29) is 5.91 Å². The molecule has 4 rings (SSSR count). The first-order valence-electron chi connectivity index (χ1n) is 13.9. The zero-order valence-electron chi connectivity index (χ0n) is 22.7. The molecule has 2 aromatic rings. The number of amides is 1. The Morgan fingerprint density at radius 2 is 1.71 bits per heavy atom. The Kier molecular flexibility index (Phi) is 9.82. The quantitative estimate of drug-likeness (QED) is 0.351. The average Bonchev–Trinajstić information content (AvgIpc) is 2.95. The van der Waals surface area contributed by atoms with Crippen molar-refractivity contribution in [2.75, 3.05) is 50.8 Å². The van der Waals surface area contributed by atoms with Crippen molar-refractivity contribution >= 4 is 23.6 Å². The van der Waals surface area contributed by atoms with Crippen LogP contribution in [0.1, 0.15) is 55.5 Å². The van der Waals surface area contributed by atoms with Gasteiger partial charge in [-0.3, -0.25) is 4.79 Å². The summed E-state index contributed by atoms with van der Waals surface area (Å²) < 4.78 is 6.03. The van der Waals surface area contributed by atoms with Gasteiger partial charge in [0.1, 0.15) is 5.75 Å². The lowest BCUT2D eigenvalue weighted by Gasteiger charge is -2.37. The van der Waals surface area contributed by atoms with E-state index in [1.165, 1.54) is 31.9 Å². The van der Waals surface area contributed by atoms with Crippen molar-refractivity contribution in [1.82, 2.24) is 9.80 Å². The molecule has 2 saturated heterocycles. The Balaban J connectivity index is 1.19. The highest BCUT2D eigenvalue weighted by Crippen LogP contribution is 2.25. The van der Waals surface area contributed by atoms with Crippen LogP contribution in [-0.2, 0) is 4.79 Å². The average molecular weight is 520 g/mol. The number of nitrogens with zero attached hydrogens (tertiary/aromatic N) is 3. The van der Waals surface area contributed by atoms with Crippen LogP contribution >= 0.6 is 0 Å². The number of hydrogen-bond donors (Lipinski definition) is 1. The first kappa shape index (κ1) is 27.7. The highest BCUT2D eigenvalue weighted by molar-refractivity contribution is 5.94. The molecule has 7 nitrogen and oxygen atoms in total. The van der Waals surface area contributed by atoms with Gasteiger partial charge in [-0.05, 0) is 80.1 Å². The smallest absolute Gasteiger partial charge is 0.328 e. The Morgan fingerprint density at radius 3 is 2.37 bits per heavy atom. The second kappa shape index (κ2) is 13.5. The van der Waals surface area contributed by atoms with Gasteiger partial charge in [0.15, 0.2) is 0 Å². The van der Waals surface area contributed by atoms with E-state index in [0.29, 0.717) is 24.7 Å². The predicted molar refractivity (Wildman–Crippen MR) is 152 cm³/mol. The van der Waals surface area contributed by atoms with Gasteiger partial charge in [0.25, 0.3) is 5.91 Å². The van der Waals surface area contributed by atoms with Crippen molar-refractivity contribution in [2.45, 2.75) is 45.6 Å². The Hall–Kier alpha value is -3.32. The Morgan fingerprint density at radius 1 is 1.00 bits per heavy atom. The number of rotatable bonds is 10. The number of carbonyl (C=O) groups excluding carboxylic acids is 1. The van der Waals surface area contributed by atoms with Crippen LogP contribution in [-0.4, -0.2) is 78.7 Å². The van der Waals surface area contributed by atoms with Gasteiger partial charge >= 0.3 is 5.97 Å². The van der Waals surface area contributed by atoms with E-state index < -0.39 is 5.97 Å². The van der Waals surface area contributed by atoms with Gasteiger partial charge in [0.2, 0.25) is 0 Å². The maximum Gasteiger partial charge on any atom is 0.328 e. The zero-order valence-corrected chi connectivity index (χ0v) is 22.7. The van der Waals surface area contributed by atoms with E-state index in [1.54, 1.807) is 24.3 Å². The van der Waals surface area contributed by atoms with E-state index in [9.17, 15) is 9.59 Å². The lowest BCUT2D eigenvalue weighted by Crippen LogP contribution is -2.48. The van der Waals surface area contributed by atoms with Gasteiger partial charge in [0, 0.05) is 62.6 Å². The number of likely N-dealkylation sites (tertiary alicyclic amines) is 1. The molecule has 2 heterocycles. The molecule has 0 bridgehead atoms. The minimum atomic E-state index is -0.992. The van der Waals surface area contributed by atoms with Crippen LogP contribution in [0.3, 0.4) is 0 Å². The van der Waals surface area contributed by atoms with Crippen LogP contribution < -0.4 is 9.64 Å². The number of carboxylic acid groups (broad SMARTS) is 1. The first-order chi connectivity index (χ1) is 18.4. The molecule has 0 spiro atoms. The summed E-state index contributed by atoms with van der Waals surface area (Å²) in [6, 6.07) is 16.0. The number of carboxylic acids is 1. The molecule has 204 valence electrons.